The van der Waals surface area contributed by atoms with E-state index in [-0.39, 0.29) is 17.7 Å². The number of piperidine rings is 1. The number of unbranched alkanes of at least 4 members (excludes halogenated alkanes) is 1. The number of likely N-dealkylation sites (tertiary alicyclic amines) is 1. The first-order valence-corrected chi connectivity index (χ1v) is 17.5. The van der Waals surface area contributed by atoms with Crippen molar-refractivity contribution in [3.63, 3.8) is 0 Å². The van der Waals surface area contributed by atoms with Crippen LogP contribution in [0.5, 0.6) is 0 Å². The number of anilines is 2. The fraction of sp³-hybridized carbons (Fsp3) is 0.595. The number of ether oxygens (including phenoxy) is 2. The van der Waals surface area contributed by atoms with E-state index in [4.69, 9.17) is 20.2 Å². The Morgan fingerprint density at radius 2 is 1.88 bits per heavy atom. The number of amidine groups is 1. The highest BCUT2D eigenvalue weighted by Gasteiger charge is 2.39. The molecule has 1 aliphatic heterocycles. The van der Waals surface area contributed by atoms with Crippen molar-refractivity contribution in [2.75, 3.05) is 23.7 Å². The maximum atomic E-state index is 13.3. The van der Waals surface area contributed by atoms with Crippen molar-refractivity contribution >= 4 is 35.3 Å². The highest BCUT2D eigenvalue weighted by Crippen LogP contribution is 2.31. The standard InChI is InChI=1S/C37H56N8O4/c1-10-12-20-39-31(38)27-15-13-14-25(21-27)16-19-37(8,9)48-33(46)43-30-22-29(42-32-26(11-2)23-40-45(30)32)41-28-17-18-36(6,7)44(24-28)34(47)49-35(3,4)5/h13-15,21-23,28H,10-12,16-20,24H2,1-9H3,(H2,38,39)(H,41,42)(H,43,46)/t28-/m0/s1. The molecule has 12 heteroatoms. The molecule has 0 radical (unpaired) electrons. The molecule has 1 aromatic carbocycles. The highest BCUT2D eigenvalue weighted by molar-refractivity contribution is 5.97. The Morgan fingerprint density at radius 3 is 2.57 bits per heavy atom. The van der Waals surface area contributed by atoms with Crippen molar-refractivity contribution in [2.24, 2.45) is 10.7 Å². The minimum absolute atomic E-state index is 0.0707. The SMILES string of the molecule is CCCCN=C(N)c1cccc(CCC(C)(C)OC(=O)Nc2cc(N[C@H]3CCC(C)(C)N(C(=O)OC(C)(C)C)C3)nc3c(CC)cnn23)c1. The molecule has 0 bridgehead atoms. The van der Waals surface area contributed by atoms with Crippen molar-refractivity contribution in [3.05, 3.63) is 53.2 Å². The van der Waals surface area contributed by atoms with Crippen LogP contribution in [0.3, 0.4) is 0 Å². The number of nitrogens with one attached hydrogen (secondary N) is 2. The average molecular weight is 677 g/mol. The second kappa shape index (κ2) is 15.5. The van der Waals surface area contributed by atoms with Crippen LogP contribution in [0, 0.1) is 0 Å². The molecule has 2 amide bonds. The van der Waals surface area contributed by atoms with Crippen LogP contribution < -0.4 is 16.4 Å². The normalized spacial score (nSPS) is 16.8. The summed E-state index contributed by atoms with van der Waals surface area (Å²) in [4.78, 5) is 37.6. The van der Waals surface area contributed by atoms with Gasteiger partial charge in [0.2, 0.25) is 0 Å². The maximum absolute atomic E-state index is 13.3. The van der Waals surface area contributed by atoms with Crippen LogP contribution in [0.25, 0.3) is 5.65 Å². The number of rotatable bonds is 12. The number of hydrogen-bond donors (Lipinski definition) is 3. The van der Waals surface area contributed by atoms with Gasteiger partial charge in [0.05, 0.1) is 6.20 Å². The summed E-state index contributed by atoms with van der Waals surface area (Å²) in [5.74, 6) is 1.54. The number of aryl methyl sites for hydroxylation is 2. The number of aliphatic imine (C=N–C) groups is 1. The van der Waals surface area contributed by atoms with Gasteiger partial charge < -0.3 is 25.4 Å². The van der Waals surface area contributed by atoms with E-state index in [1.54, 1.807) is 21.7 Å². The number of hydrogen-bond acceptors (Lipinski definition) is 8. The molecule has 1 saturated heterocycles. The second-order valence-corrected chi connectivity index (χ2v) is 15.2. The lowest BCUT2D eigenvalue weighted by molar-refractivity contribution is -0.00829. The van der Waals surface area contributed by atoms with Gasteiger partial charge in [-0.2, -0.15) is 9.61 Å². The number of amides is 2. The third-order valence-electron chi connectivity index (χ3n) is 8.76. The van der Waals surface area contributed by atoms with Gasteiger partial charge in [-0.1, -0.05) is 38.5 Å². The Kier molecular flexibility index (Phi) is 11.8. The zero-order chi connectivity index (χ0) is 36.0. The lowest BCUT2D eigenvalue weighted by atomic mass is 9.88. The third kappa shape index (κ3) is 10.3. The van der Waals surface area contributed by atoms with Crippen molar-refractivity contribution in [2.45, 2.75) is 130 Å². The van der Waals surface area contributed by atoms with Gasteiger partial charge in [-0.15, -0.1) is 0 Å². The number of fused-ring (bicyclic) bond motifs is 1. The predicted molar refractivity (Wildman–Crippen MR) is 195 cm³/mol. The average Bonchev–Trinajstić information content (AvgIpc) is 3.43. The van der Waals surface area contributed by atoms with E-state index in [9.17, 15) is 9.59 Å². The van der Waals surface area contributed by atoms with Gasteiger partial charge in [-0.05, 0) is 98.6 Å². The minimum Gasteiger partial charge on any atom is -0.444 e. The monoisotopic (exact) mass is 676 g/mol. The Labute approximate surface area is 291 Å². The molecule has 0 spiro atoms. The van der Waals surface area contributed by atoms with Crippen LogP contribution in [-0.2, 0) is 22.3 Å². The number of carbonyl (C=O) groups excluding carboxylic acids is 2. The summed E-state index contributed by atoms with van der Waals surface area (Å²) >= 11 is 0. The fourth-order valence-corrected chi connectivity index (χ4v) is 5.82. The van der Waals surface area contributed by atoms with Crippen molar-refractivity contribution in [1.82, 2.24) is 19.5 Å². The van der Waals surface area contributed by atoms with E-state index in [1.165, 1.54) is 0 Å². The largest absolute Gasteiger partial charge is 0.444 e. The first-order valence-electron chi connectivity index (χ1n) is 17.5. The Hall–Kier alpha value is -4.35. The Balaban J connectivity index is 1.45. The lowest BCUT2D eigenvalue weighted by Crippen LogP contribution is -2.57. The Morgan fingerprint density at radius 1 is 1.12 bits per heavy atom. The molecule has 49 heavy (non-hydrogen) atoms. The number of carbonyl (C=O) groups is 2. The number of nitrogens with two attached hydrogens (primary N) is 1. The highest BCUT2D eigenvalue weighted by atomic mass is 16.6. The van der Waals surface area contributed by atoms with E-state index < -0.39 is 17.3 Å². The number of nitrogens with zero attached hydrogens (tertiary/aromatic N) is 5. The summed E-state index contributed by atoms with van der Waals surface area (Å²) in [5.41, 5.74) is 8.10. The molecule has 12 nitrogen and oxygen atoms in total. The van der Waals surface area contributed by atoms with E-state index in [1.807, 2.05) is 65.8 Å². The molecule has 4 rings (SSSR count). The van der Waals surface area contributed by atoms with Gasteiger partial charge in [-0.3, -0.25) is 10.3 Å². The van der Waals surface area contributed by atoms with Crippen LogP contribution in [0.4, 0.5) is 21.2 Å². The van der Waals surface area contributed by atoms with Gasteiger partial charge in [-0.25, -0.2) is 14.6 Å². The summed E-state index contributed by atoms with van der Waals surface area (Å²) in [6.45, 7) is 18.9. The molecule has 1 aliphatic rings. The van der Waals surface area contributed by atoms with Crippen LogP contribution in [-0.4, -0.2) is 73.4 Å². The smallest absolute Gasteiger partial charge is 0.413 e. The molecular weight excluding hydrogens is 620 g/mol. The molecule has 3 heterocycles. The van der Waals surface area contributed by atoms with Gasteiger partial charge in [0.25, 0.3) is 0 Å². The molecule has 4 N–H and O–H groups in total. The number of benzene rings is 1. The van der Waals surface area contributed by atoms with Crippen LogP contribution >= 0.6 is 0 Å². The number of aromatic nitrogens is 3. The first kappa shape index (κ1) is 37.5. The molecule has 0 saturated carbocycles. The van der Waals surface area contributed by atoms with Crippen molar-refractivity contribution in [3.8, 4) is 0 Å². The Bertz CT molecular complexity index is 1640. The molecule has 3 aromatic rings. The van der Waals surface area contributed by atoms with Gasteiger partial charge in [0.15, 0.2) is 5.65 Å². The fourth-order valence-electron chi connectivity index (χ4n) is 5.82. The summed E-state index contributed by atoms with van der Waals surface area (Å²) in [6.07, 6.45) is 6.55. The van der Waals surface area contributed by atoms with Gasteiger partial charge >= 0.3 is 12.2 Å². The lowest BCUT2D eigenvalue weighted by Gasteiger charge is -2.45. The maximum Gasteiger partial charge on any atom is 0.413 e. The van der Waals surface area contributed by atoms with Crippen molar-refractivity contribution < 1.29 is 19.1 Å². The summed E-state index contributed by atoms with van der Waals surface area (Å²) in [5, 5.41) is 10.9. The molecule has 0 aliphatic carbocycles. The molecule has 2 aromatic heterocycles. The minimum atomic E-state index is -0.757. The summed E-state index contributed by atoms with van der Waals surface area (Å²) in [7, 11) is 0. The molecule has 1 atom stereocenters. The third-order valence-corrected chi connectivity index (χ3v) is 8.76. The topological polar surface area (TPSA) is 148 Å². The second-order valence-electron chi connectivity index (χ2n) is 15.2. The molecule has 268 valence electrons. The predicted octanol–water partition coefficient (Wildman–Crippen LogP) is 7.35. The summed E-state index contributed by atoms with van der Waals surface area (Å²) in [6, 6.07) is 9.72. The van der Waals surface area contributed by atoms with Gasteiger partial charge in [0, 0.05) is 41.9 Å². The van der Waals surface area contributed by atoms with Crippen molar-refractivity contribution in [1.29, 1.82) is 0 Å². The summed E-state index contributed by atoms with van der Waals surface area (Å²) < 4.78 is 13.3. The zero-order valence-electron chi connectivity index (χ0n) is 30.9. The quantitative estimate of drug-likeness (QED) is 0.102. The van der Waals surface area contributed by atoms with E-state index in [0.29, 0.717) is 49.0 Å². The first-order chi connectivity index (χ1) is 23.0. The molecular formula is C37H56N8O4. The van der Waals surface area contributed by atoms with E-state index >= 15 is 0 Å². The van der Waals surface area contributed by atoms with Crippen LogP contribution in [0.1, 0.15) is 111 Å². The molecule has 1 fully saturated rings. The van der Waals surface area contributed by atoms with Crippen LogP contribution in [0.15, 0.2) is 41.5 Å². The van der Waals surface area contributed by atoms with Crippen LogP contribution in [0.2, 0.25) is 0 Å². The molecule has 0 unspecified atom stereocenters. The van der Waals surface area contributed by atoms with E-state index in [2.05, 4.69) is 41.5 Å². The zero-order valence-corrected chi connectivity index (χ0v) is 30.9. The van der Waals surface area contributed by atoms with Gasteiger partial charge in [0.1, 0.15) is 28.7 Å². The van der Waals surface area contributed by atoms with E-state index in [0.717, 1.165) is 48.8 Å².